The summed E-state index contributed by atoms with van der Waals surface area (Å²) in [5, 5.41) is -0.506. The van der Waals surface area contributed by atoms with E-state index in [-0.39, 0.29) is 80.7 Å². The molecule has 0 saturated carbocycles. The molecule has 0 spiro atoms. The zero-order chi connectivity index (χ0) is 35.7. The molecule has 2 aromatic heterocycles. The SMILES string of the molecule is [C-]#[N+]c1c(N)sc2c(F)ccc(-c3c(C(F)(F)F)cc4c(N5CC(C)N(C(=O)C=C)CC5C)nc(OCC56CCCN5CCC6)nc4c3F)c12. The lowest BCUT2D eigenvalue weighted by Crippen LogP contribution is -2.58. The normalized spacial score (nSPS) is 20.8. The van der Waals surface area contributed by atoms with Crippen molar-refractivity contribution in [2.45, 2.75) is 63.3 Å². The number of nitrogen functional groups attached to an aromatic ring is 1. The lowest BCUT2D eigenvalue weighted by atomic mass is 9.93. The van der Waals surface area contributed by atoms with E-state index in [2.05, 4.69) is 26.3 Å². The number of carbonyl (C=O) groups is 1. The number of halogens is 5. The van der Waals surface area contributed by atoms with Gasteiger partial charge in [0.05, 0.1) is 27.4 Å². The first-order valence-corrected chi connectivity index (χ1v) is 17.2. The van der Waals surface area contributed by atoms with Crippen molar-refractivity contribution in [2.75, 3.05) is 43.4 Å². The van der Waals surface area contributed by atoms with E-state index in [1.54, 1.807) is 23.6 Å². The summed E-state index contributed by atoms with van der Waals surface area (Å²) < 4.78 is 83.3. The fourth-order valence-electron chi connectivity index (χ4n) is 7.96. The van der Waals surface area contributed by atoms with Crippen LogP contribution in [-0.2, 0) is 11.0 Å². The van der Waals surface area contributed by atoms with Crippen molar-refractivity contribution >= 4 is 54.7 Å². The smallest absolute Gasteiger partial charge is 0.417 e. The lowest BCUT2D eigenvalue weighted by molar-refractivity contribution is -0.137. The van der Waals surface area contributed by atoms with Gasteiger partial charge in [-0.05, 0) is 76.4 Å². The quantitative estimate of drug-likeness (QED) is 0.125. The van der Waals surface area contributed by atoms with E-state index in [1.807, 2.05) is 0 Å². The number of thiophene rings is 1. The molecule has 0 radical (unpaired) electrons. The molecule has 1 amide bonds. The third kappa shape index (κ3) is 5.40. The number of fused-ring (bicyclic) bond motifs is 3. The van der Waals surface area contributed by atoms with Gasteiger partial charge in [0.25, 0.3) is 0 Å². The second-order valence-corrected chi connectivity index (χ2v) is 14.4. The first-order valence-electron chi connectivity index (χ1n) is 16.3. The van der Waals surface area contributed by atoms with E-state index in [4.69, 9.17) is 17.0 Å². The van der Waals surface area contributed by atoms with E-state index in [0.29, 0.717) is 11.3 Å². The van der Waals surface area contributed by atoms with E-state index in [1.165, 1.54) is 6.08 Å². The summed E-state index contributed by atoms with van der Waals surface area (Å²) in [6.45, 7) is 17.3. The number of anilines is 2. The van der Waals surface area contributed by atoms with Crippen LogP contribution in [0.4, 0.5) is 38.5 Å². The number of hydrogen-bond donors (Lipinski definition) is 1. The van der Waals surface area contributed by atoms with Gasteiger partial charge in [-0.1, -0.05) is 12.6 Å². The molecule has 3 aliphatic rings. The molecule has 262 valence electrons. The molecule has 50 heavy (non-hydrogen) atoms. The van der Waals surface area contributed by atoms with Crippen LogP contribution in [-0.4, -0.2) is 76.1 Å². The van der Waals surface area contributed by atoms with E-state index >= 15 is 17.6 Å². The number of nitrogens with two attached hydrogens (primary N) is 1. The van der Waals surface area contributed by atoms with Gasteiger partial charge < -0.3 is 20.3 Å². The van der Waals surface area contributed by atoms with Gasteiger partial charge in [0.2, 0.25) is 11.6 Å². The maximum absolute atomic E-state index is 17.2. The van der Waals surface area contributed by atoms with Gasteiger partial charge >= 0.3 is 12.2 Å². The molecular weight excluding hydrogens is 677 g/mol. The van der Waals surface area contributed by atoms with Gasteiger partial charge in [-0.3, -0.25) is 9.69 Å². The molecule has 2 unspecified atom stereocenters. The summed E-state index contributed by atoms with van der Waals surface area (Å²) in [4.78, 5) is 30.7. The molecule has 2 N–H and O–H groups in total. The third-order valence-corrected chi connectivity index (χ3v) is 11.4. The highest BCUT2D eigenvalue weighted by Gasteiger charge is 2.45. The fraction of sp³-hybridized carbons (Fsp3) is 0.429. The summed E-state index contributed by atoms with van der Waals surface area (Å²) in [5.74, 6) is -2.37. The summed E-state index contributed by atoms with van der Waals surface area (Å²) in [6.07, 6.45) is -0.0659. The Hall–Kier alpha value is -4.55. The molecule has 5 heterocycles. The molecule has 15 heteroatoms. The van der Waals surface area contributed by atoms with E-state index < -0.39 is 40.5 Å². The highest BCUT2D eigenvalue weighted by molar-refractivity contribution is 7.23. The van der Waals surface area contributed by atoms with Gasteiger partial charge in [-0.2, -0.15) is 23.1 Å². The number of nitrogens with zero attached hydrogens (tertiary/aromatic N) is 6. The largest absolute Gasteiger partial charge is 0.461 e. The summed E-state index contributed by atoms with van der Waals surface area (Å²) in [5.41, 5.74) is 2.52. The second-order valence-electron chi connectivity index (χ2n) is 13.3. The van der Waals surface area contributed by atoms with Crippen molar-refractivity contribution in [2.24, 2.45) is 0 Å². The number of benzene rings is 2. The predicted octanol–water partition coefficient (Wildman–Crippen LogP) is 7.56. The minimum atomic E-state index is -5.08. The van der Waals surface area contributed by atoms with Crippen LogP contribution in [0.5, 0.6) is 6.01 Å². The highest BCUT2D eigenvalue weighted by Crippen LogP contribution is 2.51. The van der Waals surface area contributed by atoms with Crippen LogP contribution in [0.2, 0.25) is 0 Å². The molecule has 0 aliphatic carbocycles. The van der Waals surface area contributed by atoms with Crippen molar-refractivity contribution in [1.29, 1.82) is 0 Å². The van der Waals surface area contributed by atoms with Crippen LogP contribution in [0.3, 0.4) is 0 Å². The van der Waals surface area contributed by atoms with Crippen molar-refractivity contribution in [3.05, 3.63) is 59.5 Å². The van der Waals surface area contributed by atoms with Crippen LogP contribution < -0.4 is 15.4 Å². The van der Waals surface area contributed by atoms with Gasteiger partial charge in [0, 0.05) is 41.5 Å². The lowest BCUT2D eigenvalue weighted by Gasteiger charge is -2.44. The zero-order valence-electron chi connectivity index (χ0n) is 27.4. The zero-order valence-corrected chi connectivity index (χ0v) is 28.2. The van der Waals surface area contributed by atoms with Crippen LogP contribution in [0.15, 0.2) is 30.9 Å². The summed E-state index contributed by atoms with van der Waals surface area (Å²) in [7, 11) is 0. The first kappa shape index (κ1) is 33.9. The molecular formula is C35H34F5N7O2S. The molecule has 2 aromatic carbocycles. The fourth-order valence-corrected chi connectivity index (χ4v) is 8.90. The minimum absolute atomic E-state index is 0.0316. The number of piperazine rings is 1. The second kappa shape index (κ2) is 12.3. The van der Waals surface area contributed by atoms with Crippen molar-refractivity contribution < 1.29 is 31.5 Å². The highest BCUT2D eigenvalue weighted by atomic mass is 32.1. The number of aromatic nitrogens is 2. The van der Waals surface area contributed by atoms with E-state index in [9.17, 15) is 9.18 Å². The Morgan fingerprint density at radius 2 is 1.90 bits per heavy atom. The minimum Gasteiger partial charge on any atom is -0.461 e. The molecule has 7 rings (SSSR count). The molecule has 2 atom stereocenters. The molecule has 9 nitrogen and oxygen atoms in total. The number of ether oxygens (including phenoxy) is 1. The van der Waals surface area contributed by atoms with E-state index in [0.717, 1.165) is 57.0 Å². The summed E-state index contributed by atoms with van der Waals surface area (Å²) in [6, 6.07) is 1.76. The summed E-state index contributed by atoms with van der Waals surface area (Å²) >= 11 is 0.710. The van der Waals surface area contributed by atoms with Gasteiger partial charge in [-0.15, -0.1) is 11.3 Å². The van der Waals surface area contributed by atoms with Crippen molar-refractivity contribution in [3.8, 4) is 17.1 Å². The Morgan fingerprint density at radius 1 is 1.18 bits per heavy atom. The van der Waals surface area contributed by atoms with Crippen LogP contribution in [0.25, 0.3) is 37.0 Å². The Morgan fingerprint density at radius 3 is 2.56 bits per heavy atom. The third-order valence-electron chi connectivity index (χ3n) is 10.4. The van der Waals surface area contributed by atoms with Gasteiger partial charge in [0.1, 0.15) is 23.8 Å². The number of rotatable bonds is 6. The maximum atomic E-state index is 17.2. The average Bonchev–Trinajstić information content (AvgIpc) is 3.76. The Labute approximate surface area is 288 Å². The van der Waals surface area contributed by atoms with Crippen LogP contribution in [0, 0.1) is 18.2 Å². The molecule has 4 aromatic rings. The molecule has 3 aliphatic heterocycles. The maximum Gasteiger partial charge on any atom is 0.417 e. The monoisotopic (exact) mass is 711 g/mol. The Balaban J connectivity index is 1.46. The number of hydrogen-bond acceptors (Lipinski definition) is 8. The van der Waals surface area contributed by atoms with Gasteiger partial charge in [-0.25, -0.2) is 13.6 Å². The standard InChI is InChI=1S/C35H34F5N7O2S/c1-5-24(48)46-15-19(3)47(16-18(46)2)32-21-14-22(35(38,39)40)25(20-8-9-23(36)30-26(20)29(42-4)31(41)50-30)27(37)28(21)43-33(44-32)49-17-34-10-6-12-45(34)13-7-11-34/h5,8-9,14,18-19H,1,6-7,10-13,15-17,41H2,2-3H3. The Bertz CT molecular complexity index is 2080. The predicted molar refractivity (Wildman–Crippen MR) is 182 cm³/mol. The van der Waals surface area contributed by atoms with Crippen LogP contribution in [0.1, 0.15) is 45.1 Å². The molecule has 3 saturated heterocycles. The van der Waals surface area contributed by atoms with Crippen LogP contribution >= 0.6 is 11.3 Å². The van der Waals surface area contributed by atoms with Gasteiger partial charge in [0.15, 0.2) is 5.82 Å². The topological polar surface area (TPSA) is 92.2 Å². The Kier molecular flexibility index (Phi) is 8.38. The van der Waals surface area contributed by atoms with Crippen molar-refractivity contribution in [1.82, 2.24) is 19.8 Å². The molecule has 3 fully saturated rings. The average molecular weight is 712 g/mol. The molecule has 0 bridgehead atoms. The van der Waals surface area contributed by atoms with Crippen molar-refractivity contribution in [3.63, 3.8) is 0 Å². The number of amides is 1. The number of alkyl halides is 3. The number of carbonyl (C=O) groups excluding carboxylic acids is 1. The first-order chi connectivity index (χ1) is 23.8.